The monoisotopic (exact) mass is 368 g/mol. The first-order valence-corrected chi connectivity index (χ1v) is 7.82. The molecule has 0 spiro atoms. The second kappa shape index (κ2) is 10.1. The molecule has 0 radical (unpaired) electrons. The molecule has 0 unspecified atom stereocenters. The summed E-state index contributed by atoms with van der Waals surface area (Å²) in [4.78, 5) is 13.6. The molecule has 0 bridgehead atoms. The largest absolute Gasteiger partial charge is 0.482 e. The van der Waals surface area contributed by atoms with Gasteiger partial charge in [-0.25, -0.2) is 0 Å². The van der Waals surface area contributed by atoms with Gasteiger partial charge in [0.1, 0.15) is 5.75 Å². The van der Waals surface area contributed by atoms with Crippen molar-refractivity contribution < 1.29 is 22.7 Å². The van der Waals surface area contributed by atoms with E-state index in [9.17, 15) is 18.0 Å². The average molecular weight is 368 g/mol. The van der Waals surface area contributed by atoms with Gasteiger partial charge in [-0.15, -0.1) is 0 Å². The zero-order chi connectivity index (χ0) is 19.6. The lowest BCUT2D eigenvalue weighted by Gasteiger charge is -2.21. The number of anilines is 1. The lowest BCUT2D eigenvalue weighted by atomic mass is 10.2. The zero-order valence-electron chi connectivity index (χ0n) is 14.3. The molecule has 0 atom stereocenters. The van der Waals surface area contributed by atoms with Gasteiger partial charge in [0.05, 0.1) is 37.2 Å². The van der Waals surface area contributed by atoms with Crippen LogP contribution in [0, 0.1) is 29.6 Å². The minimum Gasteiger partial charge on any atom is -0.482 e. The van der Waals surface area contributed by atoms with E-state index in [2.05, 4.69) is 5.32 Å². The number of halogens is 3. The number of rotatable bonds is 9. The normalized spacial score (nSPS) is 10.5. The van der Waals surface area contributed by atoms with Crippen LogP contribution in [0.15, 0.2) is 18.2 Å². The summed E-state index contributed by atoms with van der Waals surface area (Å²) in [6.07, 6.45) is -4.22. The standard InChI is InChI=1S/C17H19F3N4O2/c1-13-4-5-14(15(10-13)26-12-17(18,19)20)23-11-16(25)24(8-2-6-21)9-3-7-22/h4-5,10,23H,2-3,8-9,11-12H2,1H3. The second-order valence-corrected chi connectivity index (χ2v) is 5.45. The quantitative estimate of drug-likeness (QED) is 0.724. The van der Waals surface area contributed by atoms with Crippen LogP contribution < -0.4 is 10.1 Å². The fraction of sp³-hybridized carbons (Fsp3) is 0.471. The molecule has 0 aliphatic rings. The van der Waals surface area contributed by atoms with Gasteiger partial charge in [0.2, 0.25) is 5.91 Å². The van der Waals surface area contributed by atoms with Gasteiger partial charge in [0, 0.05) is 13.1 Å². The molecule has 1 aromatic rings. The summed E-state index contributed by atoms with van der Waals surface area (Å²) in [6, 6.07) is 8.51. The molecular weight excluding hydrogens is 349 g/mol. The molecule has 1 aromatic carbocycles. The maximum Gasteiger partial charge on any atom is 0.422 e. The van der Waals surface area contributed by atoms with Crippen LogP contribution in [0.2, 0.25) is 0 Å². The Morgan fingerprint density at radius 3 is 2.38 bits per heavy atom. The molecule has 1 rings (SSSR count). The van der Waals surface area contributed by atoms with Gasteiger partial charge >= 0.3 is 6.18 Å². The maximum absolute atomic E-state index is 12.4. The number of amides is 1. The van der Waals surface area contributed by atoms with Crippen LogP contribution in [-0.2, 0) is 4.79 Å². The van der Waals surface area contributed by atoms with E-state index in [1.54, 1.807) is 13.0 Å². The Morgan fingerprint density at radius 1 is 1.23 bits per heavy atom. The van der Waals surface area contributed by atoms with Gasteiger partial charge in [-0.2, -0.15) is 23.7 Å². The topological polar surface area (TPSA) is 89.2 Å². The molecule has 9 heteroatoms. The summed E-state index contributed by atoms with van der Waals surface area (Å²) in [5, 5.41) is 20.0. The van der Waals surface area contributed by atoms with E-state index in [1.807, 2.05) is 12.1 Å². The predicted octanol–water partition coefficient (Wildman–Crippen LogP) is 3.00. The third-order valence-corrected chi connectivity index (χ3v) is 3.30. The Labute approximate surface area is 149 Å². The van der Waals surface area contributed by atoms with E-state index in [-0.39, 0.29) is 49.8 Å². The van der Waals surface area contributed by atoms with Crippen LogP contribution >= 0.6 is 0 Å². The van der Waals surface area contributed by atoms with Crippen molar-refractivity contribution in [1.29, 1.82) is 10.5 Å². The first kappa shape index (κ1) is 21.1. The molecule has 0 aliphatic carbocycles. The molecule has 0 heterocycles. The molecule has 0 aliphatic heterocycles. The number of carbonyl (C=O) groups is 1. The Bertz CT molecular complexity index is 675. The first-order valence-electron chi connectivity index (χ1n) is 7.82. The summed E-state index contributed by atoms with van der Waals surface area (Å²) < 4.78 is 41.9. The van der Waals surface area contributed by atoms with Gasteiger partial charge < -0.3 is 15.0 Å². The average Bonchev–Trinajstić information content (AvgIpc) is 2.58. The molecule has 6 nitrogen and oxygen atoms in total. The minimum atomic E-state index is -4.47. The van der Waals surface area contributed by atoms with Crippen LogP contribution in [0.1, 0.15) is 18.4 Å². The van der Waals surface area contributed by atoms with E-state index in [1.165, 1.54) is 17.0 Å². The highest BCUT2D eigenvalue weighted by molar-refractivity contribution is 5.81. The Balaban J connectivity index is 2.76. The fourth-order valence-electron chi connectivity index (χ4n) is 2.07. The molecule has 0 aromatic heterocycles. The Kier molecular flexibility index (Phi) is 8.23. The molecule has 1 N–H and O–H groups in total. The van der Waals surface area contributed by atoms with Gasteiger partial charge in [-0.05, 0) is 24.6 Å². The number of nitriles is 2. The van der Waals surface area contributed by atoms with Gasteiger partial charge in [-0.3, -0.25) is 4.79 Å². The van der Waals surface area contributed by atoms with E-state index < -0.39 is 12.8 Å². The van der Waals surface area contributed by atoms with Crippen LogP contribution in [-0.4, -0.2) is 43.2 Å². The maximum atomic E-state index is 12.4. The van der Waals surface area contributed by atoms with E-state index in [4.69, 9.17) is 15.3 Å². The lowest BCUT2D eigenvalue weighted by Crippen LogP contribution is -2.37. The van der Waals surface area contributed by atoms with Crippen molar-refractivity contribution in [3.8, 4) is 17.9 Å². The number of benzene rings is 1. The summed E-state index contributed by atoms with van der Waals surface area (Å²) >= 11 is 0. The third kappa shape index (κ3) is 7.75. The second-order valence-electron chi connectivity index (χ2n) is 5.45. The molecule has 1 amide bonds. The van der Waals surface area contributed by atoms with E-state index in [0.717, 1.165) is 0 Å². The van der Waals surface area contributed by atoms with Crippen LogP contribution in [0.3, 0.4) is 0 Å². The highest BCUT2D eigenvalue weighted by Gasteiger charge is 2.29. The minimum absolute atomic E-state index is 0.00396. The summed E-state index contributed by atoms with van der Waals surface area (Å²) in [5.41, 5.74) is 0.970. The molecule has 0 fully saturated rings. The number of alkyl halides is 3. The molecule has 26 heavy (non-hydrogen) atoms. The number of ether oxygens (including phenoxy) is 1. The number of aryl methyl sites for hydroxylation is 1. The molecule has 140 valence electrons. The van der Waals surface area contributed by atoms with Gasteiger partial charge in [0.25, 0.3) is 0 Å². The highest BCUT2D eigenvalue weighted by Crippen LogP contribution is 2.27. The molecular formula is C17H19F3N4O2. The Hall–Kier alpha value is -2.94. The number of hydrogen-bond donors (Lipinski definition) is 1. The van der Waals surface area contributed by atoms with Crippen LogP contribution in [0.25, 0.3) is 0 Å². The van der Waals surface area contributed by atoms with Crippen molar-refractivity contribution in [3.63, 3.8) is 0 Å². The fourth-order valence-corrected chi connectivity index (χ4v) is 2.07. The lowest BCUT2D eigenvalue weighted by molar-refractivity contribution is -0.153. The summed E-state index contributed by atoms with van der Waals surface area (Å²) in [5.74, 6) is -0.367. The summed E-state index contributed by atoms with van der Waals surface area (Å²) in [7, 11) is 0. The van der Waals surface area contributed by atoms with Gasteiger partial charge in [0.15, 0.2) is 6.61 Å². The number of hydrogen-bond acceptors (Lipinski definition) is 5. The summed E-state index contributed by atoms with van der Waals surface area (Å²) in [6.45, 7) is 0.451. The number of carbonyl (C=O) groups excluding carboxylic acids is 1. The molecule has 0 saturated carbocycles. The van der Waals surface area contributed by atoms with Gasteiger partial charge in [-0.1, -0.05) is 6.07 Å². The molecule has 0 saturated heterocycles. The zero-order valence-corrected chi connectivity index (χ0v) is 14.3. The van der Waals surface area contributed by atoms with Crippen molar-refractivity contribution in [1.82, 2.24) is 4.90 Å². The van der Waals surface area contributed by atoms with Crippen molar-refractivity contribution >= 4 is 11.6 Å². The van der Waals surface area contributed by atoms with Crippen molar-refractivity contribution in [3.05, 3.63) is 23.8 Å². The highest BCUT2D eigenvalue weighted by atomic mass is 19.4. The number of nitrogens with zero attached hydrogens (tertiary/aromatic N) is 3. The van der Waals surface area contributed by atoms with E-state index >= 15 is 0 Å². The SMILES string of the molecule is Cc1ccc(NCC(=O)N(CCC#N)CCC#N)c(OCC(F)(F)F)c1. The third-order valence-electron chi connectivity index (χ3n) is 3.30. The van der Waals surface area contributed by atoms with Crippen molar-refractivity contribution in [2.45, 2.75) is 25.9 Å². The van der Waals surface area contributed by atoms with Crippen LogP contribution in [0.5, 0.6) is 5.75 Å². The van der Waals surface area contributed by atoms with Crippen molar-refractivity contribution in [2.75, 3.05) is 31.6 Å². The van der Waals surface area contributed by atoms with Crippen LogP contribution in [0.4, 0.5) is 18.9 Å². The predicted molar refractivity (Wildman–Crippen MR) is 88.3 cm³/mol. The van der Waals surface area contributed by atoms with Crippen molar-refractivity contribution in [2.24, 2.45) is 0 Å². The van der Waals surface area contributed by atoms with E-state index in [0.29, 0.717) is 5.56 Å². The first-order chi connectivity index (χ1) is 12.3. The number of nitrogens with one attached hydrogen (secondary N) is 1. The smallest absolute Gasteiger partial charge is 0.422 e. The Morgan fingerprint density at radius 2 is 1.85 bits per heavy atom.